The molecule has 0 fully saturated rings. The molecule has 0 saturated heterocycles. The highest BCUT2D eigenvalue weighted by molar-refractivity contribution is 5.90. The number of hydrogen-bond acceptors (Lipinski definition) is 8. The van der Waals surface area contributed by atoms with Crippen molar-refractivity contribution in [2.45, 2.75) is 19.3 Å². The van der Waals surface area contributed by atoms with Crippen LogP contribution in [0.4, 0.5) is 0 Å². The molecular weight excluding hydrogens is 380 g/mol. The van der Waals surface area contributed by atoms with Crippen LogP contribution >= 0.6 is 0 Å². The van der Waals surface area contributed by atoms with E-state index in [1.807, 2.05) is 0 Å². The van der Waals surface area contributed by atoms with Gasteiger partial charge in [-0.2, -0.15) is 0 Å². The summed E-state index contributed by atoms with van der Waals surface area (Å²) in [5.74, 6) is -0.708. The average molecular weight is 404 g/mol. The molecule has 29 heavy (non-hydrogen) atoms. The predicted octanol–water partition coefficient (Wildman–Crippen LogP) is 3.30. The van der Waals surface area contributed by atoms with Gasteiger partial charge in [-0.3, -0.25) is 0 Å². The third-order valence-electron chi connectivity index (χ3n) is 4.09. The molecule has 2 N–H and O–H groups in total. The third kappa shape index (κ3) is 6.31. The number of benzene rings is 2. The Hall–Kier alpha value is -3.42. The maximum atomic E-state index is 12.0. The van der Waals surface area contributed by atoms with Gasteiger partial charge in [0.1, 0.15) is 0 Å². The summed E-state index contributed by atoms with van der Waals surface area (Å²) in [6, 6.07) is 8.47. The minimum absolute atomic E-state index is 0.0515. The number of hydrogen-bond donors (Lipinski definition) is 2. The van der Waals surface area contributed by atoms with Crippen LogP contribution in [-0.2, 0) is 9.47 Å². The maximum absolute atomic E-state index is 12.0. The minimum Gasteiger partial charge on any atom is -0.504 e. The van der Waals surface area contributed by atoms with Crippen molar-refractivity contribution < 1.29 is 38.7 Å². The molecule has 0 unspecified atom stereocenters. The van der Waals surface area contributed by atoms with Crippen LogP contribution in [0.5, 0.6) is 23.0 Å². The molecule has 0 aliphatic heterocycles. The number of esters is 2. The van der Waals surface area contributed by atoms with E-state index in [2.05, 4.69) is 0 Å². The standard InChI is InChI=1S/C21H24O8/c1-26-18-12-14(6-8-16(18)22)20(24)28-10-4-3-5-11-29-21(25)15-7-9-17(23)19(13-15)27-2/h6-9,12-13,22-23H,3-5,10-11H2,1-2H3. The van der Waals surface area contributed by atoms with Gasteiger partial charge in [-0.25, -0.2) is 9.59 Å². The Morgan fingerprint density at radius 1 is 0.724 bits per heavy atom. The lowest BCUT2D eigenvalue weighted by Crippen LogP contribution is -2.08. The summed E-state index contributed by atoms with van der Waals surface area (Å²) in [6.45, 7) is 0.455. The van der Waals surface area contributed by atoms with Gasteiger partial charge < -0.3 is 29.2 Å². The molecule has 8 nitrogen and oxygen atoms in total. The van der Waals surface area contributed by atoms with Crippen LogP contribution in [-0.4, -0.2) is 49.6 Å². The molecule has 0 spiro atoms. The molecule has 0 aliphatic carbocycles. The van der Waals surface area contributed by atoms with E-state index in [4.69, 9.17) is 18.9 Å². The van der Waals surface area contributed by atoms with Crippen LogP contribution in [0.1, 0.15) is 40.0 Å². The van der Waals surface area contributed by atoms with E-state index >= 15 is 0 Å². The molecule has 2 rings (SSSR count). The van der Waals surface area contributed by atoms with Crippen LogP contribution < -0.4 is 9.47 Å². The Labute approximate surface area is 168 Å². The van der Waals surface area contributed by atoms with Gasteiger partial charge in [-0.05, 0) is 55.7 Å². The Morgan fingerprint density at radius 3 is 1.52 bits per heavy atom. The Morgan fingerprint density at radius 2 is 1.14 bits per heavy atom. The van der Waals surface area contributed by atoms with E-state index in [0.29, 0.717) is 19.3 Å². The fourth-order valence-corrected chi connectivity index (χ4v) is 2.49. The maximum Gasteiger partial charge on any atom is 0.338 e. The number of ether oxygens (including phenoxy) is 4. The molecule has 8 heteroatoms. The molecule has 2 aromatic rings. The first-order chi connectivity index (χ1) is 14.0. The van der Waals surface area contributed by atoms with Crippen molar-refractivity contribution in [1.82, 2.24) is 0 Å². The van der Waals surface area contributed by atoms with E-state index in [1.165, 1.54) is 50.6 Å². The molecule has 0 aliphatic rings. The number of carbonyl (C=O) groups is 2. The zero-order valence-corrected chi connectivity index (χ0v) is 16.3. The van der Waals surface area contributed by atoms with Crippen molar-refractivity contribution in [3.63, 3.8) is 0 Å². The van der Waals surface area contributed by atoms with E-state index in [0.717, 1.165) is 0 Å². The van der Waals surface area contributed by atoms with E-state index < -0.39 is 11.9 Å². The molecule has 156 valence electrons. The SMILES string of the molecule is COc1cc(C(=O)OCCCCCOC(=O)c2ccc(O)c(OC)c2)ccc1O. The van der Waals surface area contributed by atoms with Gasteiger partial charge in [0.25, 0.3) is 0 Å². The van der Waals surface area contributed by atoms with Crippen LogP contribution in [0.25, 0.3) is 0 Å². The largest absolute Gasteiger partial charge is 0.504 e. The molecule has 0 saturated carbocycles. The fraction of sp³-hybridized carbons (Fsp3) is 0.333. The lowest BCUT2D eigenvalue weighted by atomic mass is 10.2. The monoisotopic (exact) mass is 404 g/mol. The minimum atomic E-state index is -0.504. The molecular formula is C21H24O8. The second-order valence-electron chi connectivity index (χ2n) is 6.11. The molecule has 0 aromatic heterocycles. The first kappa shape index (κ1) is 21.9. The highest BCUT2D eigenvalue weighted by Crippen LogP contribution is 2.27. The highest BCUT2D eigenvalue weighted by Gasteiger charge is 2.12. The molecule has 0 bridgehead atoms. The van der Waals surface area contributed by atoms with Gasteiger partial charge in [-0.15, -0.1) is 0 Å². The van der Waals surface area contributed by atoms with Crippen molar-refractivity contribution in [2.24, 2.45) is 0 Å². The van der Waals surface area contributed by atoms with Crippen LogP contribution in [0.3, 0.4) is 0 Å². The lowest BCUT2D eigenvalue weighted by Gasteiger charge is -2.08. The van der Waals surface area contributed by atoms with Gasteiger partial charge in [-0.1, -0.05) is 0 Å². The summed E-state index contributed by atoms with van der Waals surface area (Å²) in [6.07, 6.45) is 1.94. The first-order valence-corrected chi connectivity index (χ1v) is 9.04. The van der Waals surface area contributed by atoms with E-state index in [-0.39, 0.29) is 47.3 Å². The highest BCUT2D eigenvalue weighted by atomic mass is 16.5. The number of aromatic hydroxyl groups is 2. The van der Waals surface area contributed by atoms with Crippen LogP contribution in [0.15, 0.2) is 36.4 Å². The van der Waals surface area contributed by atoms with E-state index in [9.17, 15) is 19.8 Å². The molecule has 0 amide bonds. The normalized spacial score (nSPS) is 10.3. The number of carbonyl (C=O) groups excluding carboxylic acids is 2. The van der Waals surface area contributed by atoms with E-state index in [1.54, 1.807) is 0 Å². The van der Waals surface area contributed by atoms with Crippen molar-refractivity contribution in [2.75, 3.05) is 27.4 Å². The second-order valence-corrected chi connectivity index (χ2v) is 6.11. The third-order valence-corrected chi connectivity index (χ3v) is 4.09. The first-order valence-electron chi connectivity index (χ1n) is 9.04. The zero-order chi connectivity index (χ0) is 21.2. The molecule has 0 heterocycles. The number of unbranched alkanes of at least 4 members (excludes halogenated alkanes) is 2. The fourth-order valence-electron chi connectivity index (χ4n) is 2.49. The Balaban J connectivity index is 1.65. The van der Waals surface area contributed by atoms with Gasteiger partial charge >= 0.3 is 11.9 Å². The summed E-state index contributed by atoms with van der Waals surface area (Å²) in [5.41, 5.74) is 0.579. The predicted molar refractivity (Wildman–Crippen MR) is 104 cm³/mol. The van der Waals surface area contributed by atoms with Crippen molar-refractivity contribution >= 4 is 11.9 Å². The van der Waals surface area contributed by atoms with Gasteiger partial charge in [0.15, 0.2) is 23.0 Å². The lowest BCUT2D eigenvalue weighted by molar-refractivity contribution is 0.0477. The second kappa shape index (κ2) is 10.8. The molecule has 0 radical (unpaired) electrons. The number of phenols is 2. The number of phenolic OH excluding ortho intramolecular Hbond substituents is 2. The average Bonchev–Trinajstić information content (AvgIpc) is 2.73. The topological polar surface area (TPSA) is 112 Å². The van der Waals surface area contributed by atoms with Crippen LogP contribution in [0, 0.1) is 0 Å². The Kier molecular flexibility index (Phi) is 8.14. The van der Waals surface area contributed by atoms with Crippen LogP contribution in [0.2, 0.25) is 0 Å². The Bertz CT molecular complexity index is 777. The quantitative estimate of drug-likeness (QED) is 0.458. The molecule has 0 atom stereocenters. The van der Waals surface area contributed by atoms with Crippen molar-refractivity contribution in [3.8, 4) is 23.0 Å². The molecule has 2 aromatic carbocycles. The van der Waals surface area contributed by atoms with Gasteiger partial charge in [0.2, 0.25) is 0 Å². The summed E-state index contributed by atoms with van der Waals surface area (Å²) < 4.78 is 20.3. The number of rotatable bonds is 10. The summed E-state index contributed by atoms with van der Waals surface area (Å²) in [4.78, 5) is 24.0. The number of methoxy groups -OCH3 is 2. The van der Waals surface area contributed by atoms with Crippen molar-refractivity contribution in [1.29, 1.82) is 0 Å². The van der Waals surface area contributed by atoms with Crippen molar-refractivity contribution in [3.05, 3.63) is 47.5 Å². The van der Waals surface area contributed by atoms with Gasteiger partial charge in [0, 0.05) is 0 Å². The van der Waals surface area contributed by atoms with Gasteiger partial charge in [0.05, 0.1) is 38.6 Å². The zero-order valence-electron chi connectivity index (χ0n) is 16.3. The smallest absolute Gasteiger partial charge is 0.338 e. The summed E-state index contributed by atoms with van der Waals surface area (Å²) in [5, 5.41) is 19.1. The summed E-state index contributed by atoms with van der Waals surface area (Å²) >= 11 is 0. The summed E-state index contributed by atoms with van der Waals surface area (Å²) in [7, 11) is 2.80.